The molecule has 1 aliphatic heterocycles. The number of hydrogen-bond donors (Lipinski definition) is 1. The van der Waals surface area contributed by atoms with Crippen molar-refractivity contribution in [2.24, 2.45) is 5.92 Å². The van der Waals surface area contributed by atoms with E-state index in [2.05, 4.69) is 20.4 Å². The molecule has 2 aromatic carbocycles. The van der Waals surface area contributed by atoms with Gasteiger partial charge >= 0.3 is 0 Å². The number of aromatic nitrogens is 2. The summed E-state index contributed by atoms with van der Waals surface area (Å²) in [4.78, 5) is 19.2. The van der Waals surface area contributed by atoms with Gasteiger partial charge in [0.25, 0.3) is 0 Å². The van der Waals surface area contributed by atoms with Crippen molar-refractivity contribution in [3.63, 3.8) is 0 Å². The second-order valence-electron chi connectivity index (χ2n) is 7.33. The number of piperidine rings is 1. The lowest BCUT2D eigenvalue weighted by Crippen LogP contribution is -2.37. The molecule has 0 saturated carbocycles. The standard InChI is InChI=1S/C22H23FN4O2/c1-15-18(23)8-5-9-19(15)24-22(28)17-10-12-27(13-11-17)14-20-25-21(26-29-20)16-6-3-2-4-7-16/h2-9,17H,10-14H2,1H3,(H,24,28). The van der Waals surface area contributed by atoms with Crippen LogP contribution < -0.4 is 5.32 Å². The van der Waals surface area contributed by atoms with E-state index in [1.165, 1.54) is 6.07 Å². The molecule has 2 heterocycles. The number of hydrogen-bond acceptors (Lipinski definition) is 5. The molecular weight excluding hydrogens is 371 g/mol. The van der Waals surface area contributed by atoms with Crippen LogP contribution in [0.3, 0.4) is 0 Å². The van der Waals surface area contributed by atoms with Gasteiger partial charge in [0.05, 0.1) is 6.54 Å². The molecule has 29 heavy (non-hydrogen) atoms. The van der Waals surface area contributed by atoms with Crippen LogP contribution in [-0.2, 0) is 11.3 Å². The van der Waals surface area contributed by atoms with Gasteiger partial charge in [-0.3, -0.25) is 9.69 Å². The first-order valence-electron chi connectivity index (χ1n) is 9.76. The Morgan fingerprint density at radius 1 is 1.17 bits per heavy atom. The summed E-state index contributed by atoms with van der Waals surface area (Å²) in [6, 6.07) is 14.4. The lowest BCUT2D eigenvalue weighted by atomic mass is 9.95. The lowest BCUT2D eigenvalue weighted by Gasteiger charge is -2.30. The van der Waals surface area contributed by atoms with Gasteiger partial charge in [0, 0.05) is 22.7 Å². The van der Waals surface area contributed by atoms with Crippen molar-refractivity contribution >= 4 is 11.6 Å². The number of carbonyl (C=O) groups excluding carboxylic acids is 1. The van der Waals surface area contributed by atoms with Crippen LogP contribution in [0.5, 0.6) is 0 Å². The summed E-state index contributed by atoms with van der Waals surface area (Å²) in [5, 5.41) is 6.92. The van der Waals surface area contributed by atoms with Crippen molar-refractivity contribution in [3.05, 3.63) is 65.8 Å². The van der Waals surface area contributed by atoms with E-state index in [0.717, 1.165) is 31.5 Å². The highest BCUT2D eigenvalue weighted by Gasteiger charge is 2.26. The topological polar surface area (TPSA) is 71.3 Å². The third-order valence-corrected chi connectivity index (χ3v) is 5.34. The summed E-state index contributed by atoms with van der Waals surface area (Å²) in [6.07, 6.45) is 1.47. The molecule has 150 valence electrons. The summed E-state index contributed by atoms with van der Waals surface area (Å²) < 4.78 is 19.0. The highest BCUT2D eigenvalue weighted by molar-refractivity contribution is 5.93. The number of likely N-dealkylation sites (tertiary alicyclic amines) is 1. The maximum atomic E-state index is 13.7. The first-order valence-corrected chi connectivity index (χ1v) is 9.76. The van der Waals surface area contributed by atoms with E-state index in [1.807, 2.05) is 30.3 Å². The fourth-order valence-electron chi connectivity index (χ4n) is 3.55. The van der Waals surface area contributed by atoms with Gasteiger partial charge < -0.3 is 9.84 Å². The average Bonchev–Trinajstić information content (AvgIpc) is 3.21. The highest BCUT2D eigenvalue weighted by Crippen LogP contribution is 2.23. The molecule has 1 saturated heterocycles. The van der Waals surface area contributed by atoms with E-state index in [0.29, 0.717) is 29.5 Å². The van der Waals surface area contributed by atoms with Crippen LogP contribution in [0.25, 0.3) is 11.4 Å². The Kier molecular flexibility index (Phi) is 5.67. The third kappa shape index (κ3) is 4.51. The number of amides is 1. The van der Waals surface area contributed by atoms with Crippen molar-refractivity contribution in [2.45, 2.75) is 26.3 Å². The number of benzene rings is 2. The Balaban J connectivity index is 1.30. The van der Waals surface area contributed by atoms with Crippen LogP contribution >= 0.6 is 0 Å². The molecule has 1 amide bonds. The zero-order valence-corrected chi connectivity index (χ0v) is 16.3. The molecule has 6 nitrogen and oxygen atoms in total. The zero-order chi connectivity index (χ0) is 20.2. The largest absolute Gasteiger partial charge is 0.338 e. The number of nitrogens with zero attached hydrogens (tertiary/aromatic N) is 3. The normalized spacial score (nSPS) is 15.4. The molecule has 0 spiro atoms. The van der Waals surface area contributed by atoms with Gasteiger partial charge in [-0.15, -0.1) is 0 Å². The molecule has 1 aliphatic rings. The van der Waals surface area contributed by atoms with E-state index in [-0.39, 0.29) is 17.6 Å². The number of halogens is 1. The van der Waals surface area contributed by atoms with Gasteiger partial charge in [-0.05, 0) is 45.0 Å². The molecular formula is C22H23FN4O2. The van der Waals surface area contributed by atoms with Gasteiger partial charge in [-0.25, -0.2) is 4.39 Å². The summed E-state index contributed by atoms with van der Waals surface area (Å²) in [7, 11) is 0. The van der Waals surface area contributed by atoms with Crippen LogP contribution in [0.4, 0.5) is 10.1 Å². The zero-order valence-electron chi connectivity index (χ0n) is 16.3. The maximum absolute atomic E-state index is 13.7. The van der Waals surface area contributed by atoms with Gasteiger partial charge in [0.2, 0.25) is 17.6 Å². The van der Waals surface area contributed by atoms with Crippen molar-refractivity contribution in [3.8, 4) is 11.4 Å². The Morgan fingerprint density at radius 3 is 2.69 bits per heavy atom. The van der Waals surface area contributed by atoms with E-state index >= 15 is 0 Å². The lowest BCUT2D eigenvalue weighted by molar-refractivity contribution is -0.121. The van der Waals surface area contributed by atoms with E-state index in [9.17, 15) is 9.18 Å². The van der Waals surface area contributed by atoms with Gasteiger partial charge in [-0.1, -0.05) is 41.6 Å². The maximum Gasteiger partial charge on any atom is 0.241 e. The molecule has 0 atom stereocenters. The summed E-state index contributed by atoms with van der Waals surface area (Å²) in [6.45, 7) is 3.77. The smallest absolute Gasteiger partial charge is 0.241 e. The minimum atomic E-state index is -0.313. The van der Waals surface area contributed by atoms with Crippen LogP contribution in [0.15, 0.2) is 53.1 Å². The molecule has 1 fully saturated rings. The summed E-state index contributed by atoms with van der Waals surface area (Å²) >= 11 is 0. The first-order chi connectivity index (χ1) is 14.1. The van der Waals surface area contributed by atoms with Gasteiger partial charge in [0.15, 0.2) is 0 Å². The van der Waals surface area contributed by atoms with E-state index < -0.39 is 0 Å². The van der Waals surface area contributed by atoms with E-state index in [1.54, 1.807) is 19.1 Å². The van der Waals surface area contributed by atoms with Crippen LogP contribution in [0.2, 0.25) is 0 Å². The highest BCUT2D eigenvalue weighted by atomic mass is 19.1. The molecule has 7 heteroatoms. The average molecular weight is 394 g/mol. The molecule has 0 aliphatic carbocycles. The Morgan fingerprint density at radius 2 is 1.93 bits per heavy atom. The van der Waals surface area contributed by atoms with Crippen molar-refractivity contribution in [1.82, 2.24) is 15.0 Å². The Bertz CT molecular complexity index is 981. The molecule has 1 aromatic heterocycles. The molecule has 0 unspecified atom stereocenters. The van der Waals surface area contributed by atoms with Crippen LogP contribution in [-0.4, -0.2) is 34.0 Å². The van der Waals surface area contributed by atoms with Crippen molar-refractivity contribution in [2.75, 3.05) is 18.4 Å². The van der Waals surface area contributed by atoms with Crippen molar-refractivity contribution in [1.29, 1.82) is 0 Å². The summed E-state index contributed by atoms with van der Waals surface area (Å²) in [5.74, 6) is 0.702. The molecule has 0 bridgehead atoms. The van der Waals surface area contributed by atoms with Gasteiger partial charge in [0.1, 0.15) is 5.82 Å². The van der Waals surface area contributed by atoms with Gasteiger partial charge in [-0.2, -0.15) is 4.98 Å². The van der Waals surface area contributed by atoms with Crippen molar-refractivity contribution < 1.29 is 13.7 Å². The number of anilines is 1. The number of carbonyl (C=O) groups is 1. The third-order valence-electron chi connectivity index (χ3n) is 5.34. The predicted molar refractivity (Wildman–Crippen MR) is 108 cm³/mol. The minimum absolute atomic E-state index is 0.0532. The second-order valence-corrected chi connectivity index (χ2v) is 7.33. The predicted octanol–water partition coefficient (Wildman–Crippen LogP) is 4.03. The minimum Gasteiger partial charge on any atom is -0.338 e. The first kappa shape index (κ1) is 19.3. The number of nitrogens with one attached hydrogen (secondary N) is 1. The monoisotopic (exact) mass is 394 g/mol. The van der Waals surface area contributed by atoms with Crippen LogP contribution in [0, 0.1) is 18.7 Å². The molecule has 3 aromatic rings. The Hall–Kier alpha value is -3.06. The fraction of sp³-hybridized carbons (Fsp3) is 0.318. The molecule has 4 rings (SSSR count). The second kappa shape index (κ2) is 8.53. The fourth-order valence-corrected chi connectivity index (χ4v) is 3.55. The SMILES string of the molecule is Cc1c(F)cccc1NC(=O)C1CCN(Cc2nc(-c3ccccc3)no2)CC1. The molecule has 0 radical (unpaired) electrons. The van der Waals surface area contributed by atoms with Crippen LogP contribution in [0.1, 0.15) is 24.3 Å². The van der Waals surface area contributed by atoms with E-state index in [4.69, 9.17) is 4.52 Å². The number of rotatable bonds is 5. The summed E-state index contributed by atoms with van der Waals surface area (Å²) in [5.41, 5.74) is 1.92. The molecule has 1 N–H and O–H groups in total. The quantitative estimate of drug-likeness (QED) is 0.707. The Labute approximate surface area is 168 Å².